The molecule has 99 heavy (non-hydrogen) atoms. The molecule has 3 rings (SSSR count). The number of ether oxygens (including phenoxy) is 6. The fourth-order valence-corrected chi connectivity index (χ4v) is 12.6. The summed E-state index contributed by atoms with van der Waals surface area (Å²) in [6.07, 6.45) is 53.9. The smallest absolute Gasteiger partial charge is 0.220 e. The van der Waals surface area contributed by atoms with Crippen molar-refractivity contribution in [2.75, 3.05) is 26.4 Å². The molecule has 19 nitrogen and oxygen atoms in total. The largest absolute Gasteiger partial charge is 0.394 e. The van der Waals surface area contributed by atoms with E-state index in [1.165, 1.54) is 161 Å². The first-order valence-electron chi connectivity index (χ1n) is 39.0. The van der Waals surface area contributed by atoms with E-state index in [1.807, 2.05) is 6.08 Å². The van der Waals surface area contributed by atoms with Gasteiger partial charge in [0.15, 0.2) is 18.9 Å². The van der Waals surface area contributed by atoms with Crippen LogP contribution in [0.3, 0.4) is 0 Å². The fourth-order valence-electron chi connectivity index (χ4n) is 12.6. The van der Waals surface area contributed by atoms with Gasteiger partial charge in [0.1, 0.15) is 73.2 Å². The Morgan fingerprint density at radius 3 is 1.13 bits per heavy atom. The van der Waals surface area contributed by atoms with Gasteiger partial charge in [-0.05, 0) is 83.5 Å². The van der Waals surface area contributed by atoms with E-state index in [9.17, 15) is 61.0 Å². The van der Waals surface area contributed by atoms with Gasteiger partial charge in [0, 0.05) is 6.42 Å². The zero-order chi connectivity index (χ0) is 71.8. The van der Waals surface area contributed by atoms with Gasteiger partial charge in [0.05, 0.1) is 38.6 Å². The number of allylic oxidation sites excluding steroid dienone is 15. The molecule has 0 saturated carbocycles. The lowest BCUT2D eigenvalue weighted by molar-refractivity contribution is -0.379. The van der Waals surface area contributed by atoms with Crippen LogP contribution in [0.15, 0.2) is 97.2 Å². The first kappa shape index (κ1) is 89.9. The number of nitrogens with one attached hydrogen (secondary N) is 1. The van der Waals surface area contributed by atoms with E-state index < -0.39 is 124 Å². The summed E-state index contributed by atoms with van der Waals surface area (Å²) in [5.74, 6) is -0.286. The van der Waals surface area contributed by atoms with Gasteiger partial charge in [-0.1, -0.05) is 278 Å². The summed E-state index contributed by atoms with van der Waals surface area (Å²) in [6.45, 7) is 1.61. The number of aliphatic hydroxyl groups excluding tert-OH is 11. The number of aliphatic hydroxyl groups is 11. The molecule has 0 aliphatic carbocycles. The van der Waals surface area contributed by atoms with Gasteiger partial charge in [0.2, 0.25) is 5.91 Å². The standard InChI is InChI=1S/C80H139NO18/c1-3-5-7-9-11-13-15-17-19-21-23-24-25-26-27-28-29-30-31-32-33-34-35-36-37-38-40-42-44-46-48-50-52-54-56-58-68(86)81-63(64(85)57-55-53-51-49-47-45-43-41-39-22-20-18-16-14-12-10-8-6-4-2)62-94-78-74(92)71(89)76(66(60-83)96-78)99-80-75(93)72(90)77(67(61-84)97-80)98-79-73(91)70(88)69(87)65(59-82)95-79/h5,7,11,13,17,19,23-24,26-27,29-30,47,49,55,57,63-67,69-80,82-85,87-93H,3-4,6,8-10,12,14-16,18,20-22,25,28,31-46,48,50-54,56,58-62H2,1-2H3,(H,81,86)/b7-5-,13-11-,19-17-,24-23-,27-26-,30-29-,49-47+,57-55+. The summed E-state index contributed by atoms with van der Waals surface area (Å²) in [5, 5.41) is 121. The van der Waals surface area contributed by atoms with Crippen molar-refractivity contribution in [3.63, 3.8) is 0 Å². The maximum Gasteiger partial charge on any atom is 0.220 e. The Morgan fingerprint density at radius 1 is 0.374 bits per heavy atom. The monoisotopic (exact) mass is 1400 g/mol. The number of amides is 1. The van der Waals surface area contributed by atoms with Gasteiger partial charge >= 0.3 is 0 Å². The van der Waals surface area contributed by atoms with Crippen molar-refractivity contribution in [1.29, 1.82) is 0 Å². The Balaban J connectivity index is 1.36. The van der Waals surface area contributed by atoms with Gasteiger partial charge in [-0.15, -0.1) is 0 Å². The summed E-state index contributed by atoms with van der Waals surface area (Å²) >= 11 is 0. The second kappa shape index (κ2) is 60.0. The van der Waals surface area contributed by atoms with E-state index in [0.717, 1.165) is 77.0 Å². The molecule has 1 amide bonds. The van der Waals surface area contributed by atoms with Crippen molar-refractivity contribution in [1.82, 2.24) is 5.32 Å². The van der Waals surface area contributed by atoms with Crippen molar-refractivity contribution >= 4 is 5.91 Å². The zero-order valence-electron chi connectivity index (χ0n) is 60.9. The van der Waals surface area contributed by atoms with E-state index in [1.54, 1.807) is 6.08 Å². The SMILES string of the molecule is CC/C=C\C/C=C\C/C=C\C/C=C\C/C=C\C/C=C\CCCCCCCCCCCCCCCCCCC(=O)NC(COC1OC(CO)C(OC2OC(CO)C(OC3OC(CO)C(O)C(O)C3O)C(O)C2O)C(O)C1O)C(O)/C=C/CC/C=C/CCCCCCCCCCCCCCC. The quantitative estimate of drug-likeness (QED) is 0.0199. The average molecular weight is 1400 g/mol. The van der Waals surface area contributed by atoms with E-state index in [-0.39, 0.29) is 18.9 Å². The molecule has 12 N–H and O–H groups in total. The Hall–Kier alpha value is -3.29. The summed E-state index contributed by atoms with van der Waals surface area (Å²) in [6, 6.07) is -0.995. The van der Waals surface area contributed by atoms with Crippen LogP contribution in [0.1, 0.15) is 271 Å². The number of rotatable bonds is 60. The van der Waals surface area contributed by atoms with Crippen molar-refractivity contribution in [3.8, 4) is 0 Å². The second-order valence-electron chi connectivity index (χ2n) is 27.4. The van der Waals surface area contributed by atoms with E-state index in [2.05, 4.69) is 104 Å². The number of hydrogen-bond donors (Lipinski definition) is 12. The normalized spacial score (nSPS) is 27.1. The third-order valence-corrected chi connectivity index (χ3v) is 18.9. The second-order valence-corrected chi connectivity index (χ2v) is 27.4. The number of carbonyl (C=O) groups excluding carboxylic acids is 1. The summed E-state index contributed by atoms with van der Waals surface area (Å²) in [5.41, 5.74) is 0. The topological polar surface area (TPSA) is 307 Å². The van der Waals surface area contributed by atoms with Gasteiger partial charge in [-0.25, -0.2) is 0 Å². The molecule has 17 atom stereocenters. The van der Waals surface area contributed by atoms with Crippen LogP contribution in [0.2, 0.25) is 0 Å². The molecule has 572 valence electrons. The lowest BCUT2D eigenvalue weighted by Gasteiger charge is -2.48. The summed E-state index contributed by atoms with van der Waals surface area (Å²) in [4.78, 5) is 13.5. The Bertz CT molecular complexity index is 2170. The average Bonchev–Trinajstić information content (AvgIpc) is 0.784. The highest BCUT2D eigenvalue weighted by Crippen LogP contribution is 2.33. The Morgan fingerprint density at radius 2 is 0.707 bits per heavy atom. The van der Waals surface area contributed by atoms with Crippen molar-refractivity contribution < 1.29 is 89.4 Å². The van der Waals surface area contributed by atoms with E-state index in [0.29, 0.717) is 12.8 Å². The maximum absolute atomic E-state index is 13.5. The molecule has 0 aromatic rings. The Labute approximate surface area is 596 Å². The highest BCUT2D eigenvalue weighted by atomic mass is 16.8. The third-order valence-electron chi connectivity index (χ3n) is 18.9. The molecule has 3 aliphatic rings. The molecule has 3 saturated heterocycles. The van der Waals surface area contributed by atoms with Crippen LogP contribution in [0, 0.1) is 0 Å². The molecule has 0 aromatic heterocycles. The van der Waals surface area contributed by atoms with Gasteiger partial charge in [-0.3, -0.25) is 4.79 Å². The van der Waals surface area contributed by atoms with Crippen LogP contribution < -0.4 is 5.32 Å². The van der Waals surface area contributed by atoms with Crippen LogP contribution in [-0.2, 0) is 33.2 Å². The summed E-state index contributed by atoms with van der Waals surface area (Å²) < 4.78 is 34.4. The lowest BCUT2D eigenvalue weighted by Crippen LogP contribution is -2.66. The number of carbonyl (C=O) groups is 1. The molecule has 19 heteroatoms. The zero-order valence-corrected chi connectivity index (χ0v) is 60.9. The van der Waals surface area contributed by atoms with Crippen LogP contribution >= 0.6 is 0 Å². The van der Waals surface area contributed by atoms with Gasteiger partial charge in [-0.2, -0.15) is 0 Å². The highest BCUT2D eigenvalue weighted by Gasteiger charge is 2.53. The minimum absolute atomic E-state index is 0.232. The predicted molar refractivity (Wildman–Crippen MR) is 392 cm³/mol. The maximum atomic E-state index is 13.5. The molecule has 0 aromatic carbocycles. The van der Waals surface area contributed by atoms with Gasteiger partial charge < -0.3 is 89.9 Å². The molecule has 3 aliphatic heterocycles. The van der Waals surface area contributed by atoms with Crippen molar-refractivity contribution in [2.45, 2.75) is 375 Å². The number of unbranched alkanes of at least 4 members (excludes halogenated alkanes) is 30. The molecular formula is C80H139NO18. The summed E-state index contributed by atoms with van der Waals surface area (Å²) in [7, 11) is 0. The number of hydrogen-bond acceptors (Lipinski definition) is 18. The third kappa shape index (κ3) is 40.5. The Kier molecular flexibility index (Phi) is 54.5. The molecule has 0 spiro atoms. The highest BCUT2D eigenvalue weighted by molar-refractivity contribution is 5.76. The molecule has 3 fully saturated rings. The van der Waals surface area contributed by atoms with Crippen LogP contribution in [0.5, 0.6) is 0 Å². The first-order valence-corrected chi connectivity index (χ1v) is 39.0. The minimum Gasteiger partial charge on any atom is -0.394 e. The minimum atomic E-state index is -1.98. The van der Waals surface area contributed by atoms with Crippen molar-refractivity contribution in [3.05, 3.63) is 97.2 Å². The van der Waals surface area contributed by atoms with E-state index >= 15 is 0 Å². The van der Waals surface area contributed by atoms with E-state index in [4.69, 9.17) is 28.4 Å². The predicted octanol–water partition coefficient (Wildman–Crippen LogP) is 12.4. The lowest BCUT2D eigenvalue weighted by atomic mass is 9.96. The van der Waals surface area contributed by atoms with Crippen molar-refractivity contribution in [2.24, 2.45) is 0 Å². The molecule has 3 heterocycles. The molecular weight excluding hydrogens is 1260 g/mol. The fraction of sp³-hybridized carbons (Fsp3) is 0.787. The van der Waals surface area contributed by atoms with Crippen LogP contribution in [0.4, 0.5) is 0 Å². The van der Waals surface area contributed by atoms with Crippen LogP contribution in [0.25, 0.3) is 0 Å². The first-order chi connectivity index (χ1) is 48.3. The molecule has 17 unspecified atom stereocenters. The van der Waals surface area contributed by atoms with Gasteiger partial charge in [0.25, 0.3) is 0 Å². The van der Waals surface area contributed by atoms with Crippen LogP contribution in [-0.4, -0.2) is 193 Å². The molecule has 0 bridgehead atoms. The molecule has 0 radical (unpaired) electrons.